The lowest BCUT2D eigenvalue weighted by Crippen LogP contribution is -2.22. The van der Waals surface area contributed by atoms with Gasteiger partial charge in [-0.25, -0.2) is 9.97 Å². The Morgan fingerprint density at radius 2 is 1.10 bits per heavy atom. The second kappa shape index (κ2) is 6.39. The zero-order chi connectivity index (χ0) is 21.4. The maximum absolute atomic E-state index is 5.08. The summed E-state index contributed by atoms with van der Waals surface area (Å²) in [5.41, 5.74) is 15.3. The van der Waals surface area contributed by atoms with E-state index in [1.807, 2.05) is 0 Å². The van der Waals surface area contributed by atoms with E-state index >= 15 is 0 Å². The van der Waals surface area contributed by atoms with Gasteiger partial charge in [-0.15, -0.1) is 0 Å². The molecule has 152 valence electrons. The van der Waals surface area contributed by atoms with E-state index in [-0.39, 0.29) is 5.41 Å². The van der Waals surface area contributed by atoms with Crippen LogP contribution in [0.25, 0.3) is 10.8 Å². The van der Waals surface area contributed by atoms with Gasteiger partial charge in [-0.05, 0) is 109 Å². The lowest BCUT2D eigenvalue weighted by Gasteiger charge is -2.29. The van der Waals surface area contributed by atoms with Crippen molar-refractivity contribution in [1.82, 2.24) is 9.97 Å². The molecule has 0 bridgehead atoms. The number of nitrogens with zero attached hydrogens (tertiary/aromatic N) is 2. The molecule has 0 unspecified atom stereocenters. The summed E-state index contributed by atoms with van der Waals surface area (Å²) in [5.74, 6) is 0.963. The number of fused-ring (bicyclic) bond motifs is 4. The average Bonchev–Trinajstić information content (AvgIpc) is 2.65. The predicted octanol–water partition coefficient (Wildman–Crippen LogP) is 6.58. The molecule has 1 aliphatic carbocycles. The Labute approximate surface area is 175 Å². The van der Waals surface area contributed by atoms with Crippen molar-refractivity contribution in [1.29, 1.82) is 0 Å². The summed E-state index contributed by atoms with van der Waals surface area (Å²) in [4.78, 5) is 9.98. The van der Waals surface area contributed by atoms with Gasteiger partial charge in [-0.3, -0.25) is 0 Å². The molecule has 0 amide bonds. The molecule has 2 nitrogen and oxygen atoms in total. The minimum atomic E-state index is -0.0362. The van der Waals surface area contributed by atoms with E-state index in [9.17, 15) is 0 Å². The molecule has 0 aliphatic heterocycles. The summed E-state index contributed by atoms with van der Waals surface area (Å²) in [7, 11) is 0. The van der Waals surface area contributed by atoms with Crippen LogP contribution in [0.4, 0.5) is 0 Å². The van der Waals surface area contributed by atoms with Crippen molar-refractivity contribution in [2.24, 2.45) is 0 Å². The molecule has 0 N–H and O–H groups in total. The molecule has 1 aromatic heterocycles. The number of hydrogen-bond donors (Lipinski definition) is 0. The SMILES string of the molecule is Cc1nc(C(C)(C)C)nc2c1Cc1c(C)c(C)c3c(C)c(C)c(C)c(C)c3c1C2. The number of aromatic nitrogens is 2. The second-order valence-electron chi connectivity index (χ2n) is 10.1. The molecular weight excluding hydrogens is 352 g/mol. The van der Waals surface area contributed by atoms with Crippen molar-refractivity contribution in [3.63, 3.8) is 0 Å². The third-order valence-corrected chi connectivity index (χ3v) is 7.41. The van der Waals surface area contributed by atoms with Gasteiger partial charge in [0.15, 0.2) is 0 Å². The lowest BCUT2D eigenvalue weighted by atomic mass is 9.77. The van der Waals surface area contributed by atoms with Crippen molar-refractivity contribution in [2.75, 3.05) is 0 Å². The Kier molecular flexibility index (Phi) is 4.42. The van der Waals surface area contributed by atoms with Gasteiger partial charge in [0.05, 0.1) is 5.69 Å². The summed E-state index contributed by atoms with van der Waals surface area (Å²) in [5, 5.41) is 2.94. The molecule has 0 fully saturated rings. The third-order valence-electron chi connectivity index (χ3n) is 7.41. The first-order valence-electron chi connectivity index (χ1n) is 10.8. The Morgan fingerprint density at radius 3 is 1.69 bits per heavy atom. The zero-order valence-corrected chi connectivity index (χ0v) is 19.8. The van der Waals surface area contributed by atoms with Gasteiger partial charge in [0.1, 0.15) is 5.82 Å². The van der Waals surface area contributed by atoms with E-state index in [1.165, 1.54) is 66.5 Å². The van der Waals surface area contributed by atoms with Crippen LogP contribution < -0.4 is 0 Å². The van der Waals surface area contributed by atoms with E-state index in [2.05, 4.69) is 69.2 Å². The van der Waals surface area contributed by atoms with Crippen LogP contribution in [0, 0.1) is 48.5 Å². The Morgan fingerprint density at radius 1 is 0.552 bits per heavy atom. The number of rotatable bonds is 0. The minimum absolute atomic E-state index is 0.0362. The fraction of sp³-hybridized carbons (Fsp3) is 0.481. The Bertz CT molecular complexity index is 1190. The fourth-order valence-corrected chi connectivity index (χ4v) is 5.10. The van der Waals surface area contributed by atoms with Gasteiger partial charge in [-0.1, -0.05) is 20.8 Å². The summed E-state index contributed by atoms with van der Waals surface area (Å²) in [6, 6.07) is 0. The van der Waals surface area contributed by atoms with Gasteiger partial charge in [0.2, 0.25) is 0 Å². The summed E-state index contributed by atoms with van der Waals surface area (Å²) < 4.78 is 0. The van der Waals surface area contributed by atoms with Crippen LogP contribution in [0.3, 0.4) is 0 Å². The van der Waals surface area contributed by atoms with Crippen LogP contribution in [0.1, 0.15) is 88.1 Å². The first kappa shape index (κ1) is 20.1. The minimum Gasteiger partial charge on any atom is -0.237 e. The third kappa shape index (κ3) is 2.83. The predicted molar refractivity (Wildman–Crippen MR) is 123 cm³/mol. The van der Waals surface area contributed by atoms with Crippen molar-refractivity contribution in [3.05, 3.63) is 67.3 Å². The van der Waals surface area contributed by atoms with Crippen molar-refractivity contribution >= 4 is 10.8 Å². The first-order chi connectivity index (χ1) is 13.4. The summed E-state index contributed by atoms with van der Waals surface area (Å²) >= 11 is 0. The van der Waals surface area contributed by atoms with Crippen molar-refractivity contribution in [3.8, 4) is 0 Å². The monoisotopic (exact) mass is 386 g/mol. The highest BCUT2D eigenvalue weighted by atomic mass is 14.9. The van der Waals surface area contributed by atoms with Crippen LogP contribution in [-0.4, -0.2) is 9.97 Å². The van der Waals surface area contributed by atoms with Crippen LogP contribution in [-0.2, 0) is 18.3 Å². The van der Waals surface area contributed by atoms with Gasteiger partial charge in [0.25, 0.3) is 0 Å². The van der Waals surface area contributed by atoms with Crippen LogP contribution in [0.15, 0.2) is 0 Å². The molecule has 1 heterocycles. The number of aryl methyl sites for hydroxylation is 4. The van der Waals surface area contributed by atoms with Gasteiger partial charge in [0, 0.05) is 24.0 Å². The molecule has 29 heavy (non-hydrogen) atoms. The molecule has 2 heteroatoms. The largest absolute Gasteiger partial charge is 0.237 e. The Balaban J connectivity index is 2.08. The number of hydrogen-bond acceptors (Lipinski definition) is 2. The van der Waals surface area contributed by atoms with Gasteiger partial charge in [-0.2, -0.15) is 0 Å². The van der Waals surface area contributed by atoms with Crippen molar-refractivity contribution < 1.29 is 0 Å². The normalized spacial score (nSPS) is 13.6. The van der Waals surface area contributed by atoms with E-state index < -0.39 is 0 Å². The molecule has 0 saturated carbocycles. The van der Waals surface area contributed by atoms with Crippen LogP contribution in [0.5, 0.6) is 0 Å². The molecule has 0 spiro atoms. The van der Waals surface area contributed by atoms with Crippen LogP contribution >= 0.6 is 0 Å². The van der Waals surface area contributed by atoms with Crippen molar-refractivity contribution in [2.45, 2.75) is 87.5 Å². The molecule has 0 saturated heterocycles. The molecule has 4 rings (SSSR count). The topological polar surface area (TPSA) is 25.8 Å². The smallest absolute Gasteiger partial charge is 0.134 e. The number of benzene rings is 2. The molecular formula is C27H34N2. The molecule has 0 atom stereocenters. The molecule has 2 aromatic carbocycles. The molecule has 1 aliphatic rings. The maximum Gasteiger partial charge on any atom is 0.134 e. The fourth-order valence-electron chi connectivity index (χ4n) is 5.10. The van der Waals surface area contributed by atoms with E-state index in [4.69, 9.17) is 9.97 Å². The first-order valence-corrected chi connectivity index (χ1v) is 10.8. The maximum atomic E-state index is 5.08. The zero-order valence-electron chi connectivity index (χ0n) is 19.8. The lowest BCUT2D eigenvalue weighted by molar-refractivity contribution is 0.537. The van der Waals surface area contributed by atoms with E-state index in [0.29, 0.717) is 0 Å². The van der Waals surface area contributed by atoms with E-state index in [1.54, 1.807) is 0 Å². The summed E-state index contributed by atoms with van der Waals surface area (Å²) in [6.45, 7) is 22.5. The highest BCUT2D eigenvalue weighted by Crippen LogP contribution is 2.42. The second-order valence-corrected chi connectivity index (χ2v) is 10.1. The summed E-state index contributed by atoms with van der Waals surface area (Å²) in [6.07, 6.45) is 1.87. The van der Waals surface area contributed by atoms with Gasteiger partial charge >= 0.3 is 0 Å². The molecule has 3 aromatic rings. The Hall–Kier alpha value is -2.22. The highest BCUT2D eigenvalue weighted by Gasteiger charge is 2.28. The highest BCUT2D eigenvalue weighted by molar-refractivity contribution is 5.98. The van der Waals surface area contributed by atoms with E-state index in [0.717, 1.165) is 24.4 Å². The van der Waals surface area contributed by atoms with Crippen LogP contribution in [0.2, 0.25) is 0 Å². The molecule has 0 radical (unpaired) electrons. The quantitative estimate of drug-likeness (QED) is 0.341. The standard InChI is InChI=1S/C27H34N2/c1-13-14(2)17(5)25-22-12-23-21(19(7)28-26(29-23)27(8,9)10)11-20(22)15(3)18(6)24(25)16(13)4/h11-12H2,1-10H3. The average molecular weight is 387 g/mol. The van der Waals surface area contributed by atoms with Gasteiger partial charge < -0.3 is 0 Å².